The number of rotatable bonds is 6. The molecule has 0 aromatic carbocycles. The van der Waals surface area contributed by atoms with Crippen molar-refractivity contribution in [2.24, 2.45) is 5.73 Å². The van der Waals surface area contributed by atoms with Gasteiger partial charge in [0.1, 0.15) is 5.60 Å². The van der Waals surface area contributed by atoms with Crippen molar-refractivity contribution in [1.29, 1.82) is 0 Å². The molecule has 124 valence electrons. The molecule has 0 aromatic heterocycles. The molecule has 21 heavy (non-hydrogen) atoms. The van der Waals surface area contributed by atoms with Crippen molar-refractivity contribution in [3.63, 3.8) is 0 Å². The third-order valence-electron chi connectivity index (χ3n) is 3.48. The highest BCUT2D eigenvalue weighted by Gasteiger charge is 2.26. The van der Waals surface area contributed by atoms with Crippen molar-refractivity contribution in [2.45, 2.75) is 58.3 Å². The molecule has 2 unspecified atom stereocenters. The summed E-state index contributed by atoms with van der Waals surface area (Å²) in [6.45, 7) is 11.2. The van der Waals surface area contributed by atoms with E-state index in [1.165, 1.54) is 0 Å². The van der Waals surface area contributed by atoms with E-state index in [2.05, 4.69) is 10.2 Å². The van der Waals surface area contributed by atoms with Crippen molar-refractivity contribution >= 4 is 6.09 Å². The summed E-state index contributed by atoms with van der Waals surface area (Å²) in [5.41, 5.74) is 5.38. The van der Waals surface area contributed by atoms with Gasteiger partial charge in [-0.2, -0.15) is 0 Å². The second-order valence-corrected chi connectivity index (χ2v) is 6.49. The van der Waals surface area contributed by atoms with Crippen LogP contribution in [-0.4, -0.2) is 61.5 Å². The zero-order valence-electron chi connectivity index (χ0n) is 13.9. The number of nitrogens with zero attached hydrogens (tertiary/aromatic N) is 1. The molecule has 6 heteroatoms. The lowest BCUT2D eigenvalue weighted by Gasteiger charge is -2.37. The number of amides is 1. The summed E-state index contributed by atoms with van der Waals surface area (Å²) in [5.74, 6) is 0. The van der Waals surface area contributed by atoms with Crippen LogP contribution in [0.15, 0.2) is 0 Å². The van der Waals surface area contributed by atoms with Crippen LogP contribution in [0.25, 0.3) is 0 Å². The molecule has 1 aliphatic rings. The molecule has 6 nitrogen and oxygen atoms in total. The summed E-state index contributed by atoms with van der Waals surface area (Å²) in [7, 11) is 0. The quantitative estimate of drug-likeness (QED) is 0.774. The van der Waals surface area contributed by atoms with Gasteiger partial charge in [0.05, 0.1) is 6.10 Å². The summed E-state index contributed by atoms with van der Waals surface area (Å²) in [5, 5.41) is 2.81. The average molecular weight is 301 g/mol. The van der Waals surface area contributed by atoms with Crippen molar-refractivity contribution in [1.82, 2.24) is 10.2 Å². The molecule has 1 aliphatic heterocycles. The van der Waals surface area contributed by atoms with Gasteiger partial charge in [-0.1, -0.05) is 0 Å². The van der Waals surface area contributed by atoms with Gasteiger partial charge in [-0.3, -0.25) is 4.90 Å². The number of piperidine rings is 1. The van der Waals surface area contributed by atoms with Crippen LogP contribution in [0.5, 0.6) is 0 Å². The van der Waals surface area contributed by atoms with Gasteiger partial charge >= 0.3 is 6.09 Å². The third-order valence-corrected chi connectivity index (χ3v) is 3.48. The van der Waals surface area contributed by atoms with Crippen molar-refractivity contribution in [3.05, 3.63) is 0 Å². The zero-order chi connectivity index (χ0) is 15.9. The van der Waals surface area contributed by atoms with Crippen LogP contribution in [0.2, 0.25) is 0 Å². The molecule has 1 saturated heterocycles. The van der Waals surface area contributed by atoms with Crippen LogP contribution in [0.3, 0.4) is 0 Å². The second-order valence-electron chi connectivity index (χ2n) is 6.49. The van der Waals surface area contributed by atoms with E-state index in [-0.39, 0.29) is 18.2 Å². The lowest BCUT2D eigenvalue weighted by Crippen LogP contribution is -2.53. The van der Waals surface area contributed by atoms with Crippen LogP contribution in [0, 0.1) is 0 Å². The smallest absolute Gasteiger partial charge is 0.407 e. The molecular formula is C15H31N3O3. The molecule has 1 heterocycles. The van der Waals surface area contributed by atoms with Gasteiger partial charge in [-0.15, -0.1) is 0 Å². The number of alkyl carbamates (subject to hydrolysis) is 1. The highest BCUT2D eigenvalue weighted by molar-refractivity contribution is 5.67. The first-order chi connectivity index (χ1) is 9.85. The van der Waals surface area contributed by atoms with E-state index >= 15 is 0 Å². The fraction of sp³-hybridized carbons (Fsp3) is 0.933. The molecule has 0 aromatic rings. The minimum absolute atomic E-state index is 0.126. The SMILES string of the molecule is CCOC1CCCN(C(CN)CNC(=O)OC(C)(C)C)C1. The van der Waals surface area contributed by atoms with E-state index < -0.39 is 5.60 Å². The number of nitrogens with two attached hydrogens (primary N) is 1. The maximum Gasteiger partial charge on any atom is 0.407 e. The van der Waals surface area contributed by atoms with Crippen LogP contribution in [0.1, 0.15) is 40.5 Å². The minimum atomic E-state index is -0.479. The van der Waals surface area contributed by atoms with Gasteiger partial charge in [-0.25, -0.2) is 4.79 Å². The summed E-state index contributed by atoms with van der Waals surface area (Å²) >= 11 is 0. The highest BCUT2D eigenvalue weighted by atomic mass is 16.6. The largest absolute Gasteiger partial charge is 0.444 e. The minimum Gasteiger partial charge on any atom is -0.444 e. The maximum atomic E-state index is 11.7. The molecule has 1 rings (SSSR count). The third kappa shape index (κ3) is 7.11. The fourth-order valence-corrected chi connectivity index (χ4v) is 2.55. The van der Waals surface area contributed by atoms with Crippen molar-refractivity contribution in [2.75, 3.05) is 32.8 Å². The number of nitrogens with one attached hydrogen (secondary N) is 1. The molecule has 2 atom stereocenters. The molecule has 0 bridgehead atoms. The Morgan fingerprint density at radius 1 is 1.48 bits per heavy atom. The topological polar surface area (TPSA) is 76.8 Å². The summed E-state index contributed by atoms with van der Waals surface area (Å²) in [6.07, 6.45) is 2.09. The molecule has 1 fully saturated rings. The summed E-state index contributed by atoms with van der Waals surface area (Å²) in [6, 6.07) is 0.126. The Hall–Kier alpha value is -0.850. The molecule has 0 saturated carbocycles. The van der Waals surface area contributed by atoms with Crippen molar-refractivity contribution < 1.29 is 14.3 Å². The molecule has 0 aliphatic carbocycles. The first kappa shape index (κ1) is 18.2. The Morgan fingerprint density at radius 3 is 2.76 bits per heavy atom. The number of carbonyl (C=O) groups excluding carboxylic acids is 1. The molecular weight excluding hydrogens is 270 g/mol. The Kier molecular flexibility index (Phi) is 7.42. The number of likely N-dealkylation sites (tertiary alicyclic amines) is 1. The Labute approximate surface area is 128 Å². The van der Waals surface area contributed by atoms with Crippen LogP contribution in [0.4, 0.5) is 4.79 Å². The molecule has 0 spiro atoms. The van der Waals surface area contributed by atoms with E-state index in [1.54, 1.807) is 0 Å². The molecule has 0 radical (unpaired) electrons. The van der Waals surface area contributed by atoms with E-state index in [9.17, 15) is 4.79 Å². The number of ether oxygens (including phenoxy) is 2. The van der Waals surface area contributed by atoms with Gasteiger partial charge in [0, 0.05) is 32.3 Å². The predicted molar refractivity (Wildman–Crippen MR) is 83.3 cm³/mol. The van der Waals surface area contributed by atoms with Crippen molar-refractivity contribution in [3.8, 4) is 0 Å². The molecule has 1 amide bonds. The van der Waals surface area contributed by atoms with Crippen LogP contribution in [-0.2, 0) is 9.47 Å². The van der Waals surface area contributed by atoms with E-state index in [0.717, 1.165) is 32.5 Å². The molecule has 3 N–H and O–H groups in total. The van der Waals surface area contributed by atoms with Gasteiger partial charge in [-0.05, 0) is 47.1 Å². The number of carbonyl (C=O) groups is 1. The van der Waals surface area contributed by atoms with Crippen LogP contribution >= 0.6 is 0 Å². The van der Waals surface area contributed by atoms with Gasteiger partial charge in [0.2, 0.25) is 0 Å². The van der Waals surface area contributed by atoms with Crippen LogP contribution < -0.4 is 11.1 Å². The van der Waals surface area contributed by atoms with Gasteiger partial charge in [0.25, 0.3) is 0 Å². The number of hydrogen-bond acceptors (Lipinski definition) is 5. The Balaban J connectivity index is 2.41. The number of hydrogen-bond donors (Lipinski definition) is 2. The summed E-state index contributed by atoms with van der Waals surface area (Å²) < 4.78 is 11.0. The van der Waals surface area contributed by atoms with E-state index in [4.69, 9.17) is 15.2 Å². The van der Waals surface area contributed by atoms with E-state index in [0.29, 0.717) is 13.1 Å². The first-order valence-corrected chi connectivity index (χ1v) is 7.88. The normalized spacial score (nSPS) is 21.9. The Bertz CT molecular complexity index is 316. The monoisotopic (exact) mass is 301 g/mol. The lowest BCUT2D eigenvalue weighted by atomic mass is 10.1. The van der Waals surface area contributed by atoms with Gasteiger partial charge in [0.15, 0.2) is 0 Å². The average Bonchev–Trinajstić information content (AvgIpc) is 2.38. The van der Waals surface area contributed by atoms with E-state index in [1.807, 2.05) is 27.7 Å². The lowest BCUT2D eigenvalue weighted by molar-refractivity contribution is -0.00661. The first-order valence-electron chi connectivity index (χ1n) is 7.88. The highest BCUT2D eigenvalue weighted by Crippen LogP contribution is 2.15. The van der Waals surface area contributed by atoms with Gasteiger partial charge < -0.3 is 20.5 Å². The zero-order valence-corrected chi connectivity index (χ0v) is 13.9. The standard InChI is InChI=1S/C15H31N3O3/c1-5-20-13-7-6-8-18(11-13)12(9-16)10-17-14(19)21-15(2,3)4/h12-13H,5-11,16H2,1-4H3,(H,17,19). The second kappa shape index (κ2) is 8.56. The summed E-state index contributed by atoms with van der Waals surface area (Å²) in [4.78, 5) is 14.0. The maximum absolute atomic E-state index is 11.7. The Morgan fingerprint density at radius 2 is 2.19 bits per heavy atom. The fourth-order valence-electron chi connectivity index (χ4n) is 2.55. The predicted octanol–water partition coefficient (Wildman–Crippen LogP) is 1.34.